The van der Waals surface area contributed by atoms with Crippen molar-refractivity contribution in [3.05, 3.63) is 54.7 Å². The van der Waals surface area contributed by atoms with Crippen LogP contribution in [0.4, 0.5) is 0 Å². The summed E-state index contributed by atoms with van der Waals surface area (Å²) in [5.41, 5.74) is 3.26. The second kappa shape index (κ2) is 9.17. The molecule has 1 fully saturated rings. The van der Waals surface area contributed by atoms with Crippen molar-refractivity contribution in [2.24, 2.45) is 0 Å². The number of nitrogens with one attached hydrogen (secondary N) is 1. The van der Waals surface area contributed by atoms with Crippen LogP contribution >= 0.6 is 0 Å². The number of likely N-dealkylation sites (tertiary alicyclic amines) is 1. The highest BCUT2D eigenvalue weighted by Crippen LogP contribution is 2.28. The van der Waals surface area contributed by atoms with Crippen molar-refractivity contribution in [1.29, 1.82) is 0 Å². The Morgan fingerprint density at radius 1 is 1.18 bits per heavy atom. The number of nitrogens with zero attached hydrogens (tertiary/aromatic N) is 3. The average molecular weight is 378 g/mol. The number of hydrogen-bond acceptors (Lipinski definition) is 4. The van der Waals surface area contributed by atoms with E-state index in [1.807, 2.05) is 36.2 Å². The molecule has 6 nitrogen and oxygen atoms in total. The number of carbonyl (C=O) groups is 1. The van der Waals surface area contributed by atoms with Gasteiger partial charge in [0, 0.05) is 30.2 Å². The smallest absolute Gasteiger partial charge is 0.245 e. The highest BCUT2D eigenvalue weighted by molar-refractivity contribution is 5.87. The number of aromatic hydroxyl groups is 1. The second-order valence-electron chi connectivity index (χ2n) is 6.92. The SMILES string of the molecule is C=CC(=O)N1CCCCCC1.Cc1c[nH]c2nnc(-c3ccccc3O)cc12. The van der Waals surface area contributed by atoms with Gasteiger partial charge in [-0.25, -0.2) is 0 Å². The van der Waals surface area contributed by atoms with Gasteiger partial charge in [-0.3, -0.25) is 4.79 Å². The highest BCUT2D eigenvalue weighted by atomic mass is 16.3. The first kappa shape index (κ1) is 19.6. The molecular weight excluding hydrogens is 352 g/mol. The van der Waals surface area contributed by atoms with Crippen LogP contribution in [0, 0.1) is 6.92 Å². The third-order valence-corrected chi connectivity index (χ3v) is 4.92. The fraction of sp³-hybridized carbons (Fsp3) is 0.318. The molecule has 2 N–H and O–H groups in total. The number of hydrogen-bond donors (Lipinski definition) is 2. The van der Waals surface area contributed by atoms with E-state index in [0.29, 0.717) is 11.3 Å². The van der Waals surface area contributed by atoms with Crippen molar-refractivity contribution in [3.63, 3.8) is 0 Å². The molecule has 1 aliphatic rings. The summed E-state index contributed by atoms with van der Waals surface area (Å²) in [6, 6.07) is 9.05. The number of phenolic OH excluding ortho intramolecular Hbond substituents is 1. The summed E-state index contributed by atoms with van der Waals surface area (Å²) in [6.07, 6.45) is 8.14. The van der Waals surface area contributed by atoms with E-state index in [9.17, 15) is 9.90 Å². The van der Waals surface area contributed by atoms with Gasteiger partial charge in [0.1, 0.15) is 5.75 Å². The van der Waals surface area contributed by atoms with E-state index < -0.39 is 0 Å². The number of aryl methyl sites for hydroxylation is 1. The number of aromatic amines is 1. The lowest BCUT2D eigenvalue weighted by Crippen LogP contribution is -2.29. The Bertz CT molecular complexity index is 956. The number of aromatic nitrogens is 3. The number of fused-ring (bicyclic) bond motifs is 1. The molecule has 146 valence electrons. The highest BCUT2D eigenvalue weighted by Gasteiger charge is 2.11. The lowest BCUT2D eigenvalue weighted by atomic mass is 10.1. The molecule has 0 atom stereocenters. The van der Waals surface area contributed by atoms with Gasteiger partial charge in [-0.2, -0.15) is 0 Å². The van der Waals surface area contributed by atoms with E-state index in [0.717, 1.165) is 42.5 Å². The number of para-hydroxylation sites is 1. The first-order valence-corrected chi connectivity index (χ1v) is 9.61. The summed E-state index contributed by atoms with van der Waals surface area (Å²) >= 11 is 0. The van der Waals surface area contributed by atoms with Crippen molar-refractivity contribution in [1.82, 2.24) is 20.1 Å². The van der Waals surface area contributed by atoms with Gasteiger partial charge in [0.2, 0.25) is 5.91 Å². The lowest BCUT2D eigenvalue weighted by Gasteiger charge is -2.17. The Kier molecular flexibility index (Phi) is 6.42. The molecule has 6 heteroatoms. The maximum absolute atomic E-state index is 11.1. The molecule has 1 saturated heterocycles. The van der Waals surface area contributed by atoms with Crippen LogP contribution in [0.2, 0.25) is 0 Å². The van der Waals surface area contributed by atoms with Crippen molar-refractivity contribution in [2.75, 3.05) is 13.1 Å². The minimum atomic E-state index is 0.0897. The molecule has 1 amide bonds. The number of rotatable bonds is 2. The molecule has 4 rings (SSSR count). The average Bonchev–Trinajstić information content (AvgIpc) is 2.92. The van der Waals surface area contributed by atoms with Crippen molar-refractivity contribution in [3.8, 4) is 17.0 Å². The third-order valence-electron chi connectivity index (χ3n) is 4.92. The van der Waals surface area contributed by atoms with E-state index in [1.165, 1.54) is 18.9 Å². The van der Waals surface area contributed by atoms with Crippen LogP contribution in [-0.2, 0) is 4.79 Å². The van der Waals surface area contributed by atoms with E-state index in [4.69, 9.17) is 0 Å². The Hall–Kier alpha value is -3.15. The molecule has 0 spiro atoms. The molecule has 3 aromatic rings. The van der Waals surface area contributed by atoms with Crippen LogP contribution in [0.3, 0.4) is 0 Å². The molecule has 1 aromatic carbocycles. The molecule has 0 unspecified atom stereocenters. The quantitative estimate of drug-likeness (QED) is 0.654. The number of amides is 1. The second-order valence-corrected chi connectivity index (χ2v) is 6.92. The standard InChI is InChI=1S/C13H11N3O.C9H15NO/c1-8-7-14-13-10(8)6-11(15-16-13)9-4-2-3-5-12(9)17;1-2-9(11)10-7-5-3-4-6-8-10/h2-7,17H,1H3,(H,14,16);2H,1,3-8H2. The zero-order chi connectivity index (χ0) is 19.9. The van der Waals surface area contributed by atoms with Gasteiger partial charge in [0.15, 0.2) is 5.65 Å². The minimum absolute atomic E-state index is 0.0897. The number of H-pyrrole nitrogens is 1. The van der Waals surface area contributed by atoms with Gasteiger partial charge >= 0.3 is 0 Å². The van der Waals surface area contributed by atoms with Crippen LogP contribution in [0.25, 0.3) is 22.3 Å². The Morgan fingerprint density at radius 3 is 2.57 bits per heavy atom. The predicted molar refractivity (Wildman–Crippen MR) is 111 cm³/mol. The minimum Gasteiger partial charge on any atom is -0.507 e. The van der Waals surface area contributed by atoms with Gasteiger partial charge in [-0.1, -0.05) is 31.6 Å². The van der Waals surface area contributed by atoms with Crippen LogP contribution in [0.1, 0.15) is 31.2 Å². The first-order valence-electron chi connectivity index (χ1n) is 9.61. The van der Waals surface area contributed by atoms with E-state index in [2.05, 4.69) is 21.8 Å². The van der Waals surface area contributed by atoms with Crippen molar-refractivity contribution >= 4 is 16.9 Å². The van der Waals surface area contributed by atoms with Gasteiger partial charge in [0.05, 0.1) is 5.69 Å². The molecule has 1 aliphatic heterocycles. The fourth-order valence-electron chi connectivity index (χ4n) is 3.30. The van der Waals surface area contributed by atoms with Gasteiger partial charge in [-0.05, 0) is 49.6 Å². The van der Waals surface area contributed by atoms with E-state index in [-0.39, 0.29) is 11.7 Å². The molecule has 0 bridgehead atoms. The van der Waals surface area contributed by atoms with Gasteiger partial charge in [0.25, 0.3) is 0 Å². The summed E-state index contributed by atoms with van der Waals surface area (Å²) < 4.78 is 0. The van der Waals surface area contributed by atoms with Crippen LogP contribution in [-0.4, -0.2) is 44.2 Å². The Balaban J connectivity index is 0.000000178. The topological polar surface area (TPSA) is 82.1 Å². The maximum Gasteiger partial charge on any atom is 0.245 e. The van der Waals surface area contributed by atoms with E-state index in [1.54, 1.807) is 12.1 Å². The number of benzene rings is 1. The monoisotopic (exact) mass is 378 g/mol. The summed E-state index contributed by atoms with van der Waals surface area (Å²) in [5, 5.41) is 19.0. The van der Waals surface area contributed by atoms with Gasteiger partial charge in [-0.15, -0.1) is 10.2 Å². The zero-order valence-electron chi connectivity index (χ0n) is 16.2. The number of carbonyl (C=O) groups excluding carboxylic acids is 1. The lowest BCUT2D eigenvalue weighted by molar-refractivity contribution is -0.125. The van der Waals surface area contributed by atoms with Crippen LogP contribution < -0.4 is 0 Å². The molecule has 0 saturated carbocycles. The fourth-order valence-corrected chi connectivity index (χ4v) is 3.30. The molecule has 2 aromatic heterocycles. The summed E-state index contributed by atoms with van der Waals surface area (Å²) in [7, 11) is 0. The molecule has 0 radical (unpaired) electrons. The van der Waals surface area contributed by atoms with Gasteiger partial charge < -0.3 is 15.0 Å². The number of phenols is 1. The van der Waals surface area contributed by atoms with Crippen molar-refractivity contribution < 1.29 is 9.90 Å². The molecular formula is C22H26N4O2. The third kappa shape index (κ3) is 4.57. The largest absolute Gasteiger partial charge is 0.507 e. The normalized spacial score (nSPS) is 14.1. The van der Waals surface area contributed by atoms with Crippen LogP contribution in [0.5, 0.6) is 5.75 Å². The Labute approximate surface area is 164 Å². The molecule has 3 heterocycles. The maximum atomic E-state index is 11.1. The first-order chi connectivity index (χ1) is 13.6. The summed E-state index contributed by atoms with van der Waals surface area (Å²) in [4.78, 5) is 16.1. The molecule has 28 heavy (non-hydrogen) atoms. The van der Waals surface area contributed by atoms with Crippen molar-refractivity contribution in [2.45, 2.75) is 32.6 Å². The predicted octanol–water partition coefficient (Wildman–Crippen LogP) is 4.21. The molecule has 0 aliphatic carbocycles. The zero-order valence-corrected chi connectivity index (χ0v) is 16.2. The summed E-state index contributed by atoms with van der Waals surface area (Å²) in [5.74, 6) is 0.307. The van der Waals surface area contributed by atoms with Crippen LogP contribution in [0.15, 0.2) is 49.2 Å². The summed E-state index contributed by atoms with van der Waals surface area (Å²) in [6.45, 7) is 7.33. The Morgan fingerprint density at radius 2 is 1.89 bits per heavy atom. The van der Waals surface area contributed by atoms with E-state index >= 15 is 0 Å².